The zero-order valence-corrected chi connectivity index (χ0v) is 11.1. The number of halogens is 1. The summed E-state index contributed by atoms with van der Waals surface area (Å²) in [4.78, 5) is 1.89. The molecular formula is C9H11BrN4OS. The number of anilines is 1. The molecular weight excluding hydrogens is 292 g/mol. The molecule has 0 aliphatic rings. The van der Waals surface area contributed by atoms with E-state index in [1.807, 2.05) is 11.9 Å². The quantitative estimate of drug-likeness (QED) is 0.935. The van der Waals surface area contributed by atoms with Gasteiger partial charge in [-0.15, -0.1) is 16.4 Å². The zero-order valence-electron chi connectivity index (χ0n) is 8.68. The first-order chi connectivity index (χ1) is 7.69. The fraction of sp³-hybridized carbons (Fsp3) is 0.333. The normalized spacial score (nSPS) is 10.7. The molecule has 16 heavy (non-hydrogen) atoms. The highest BCUT2D eigenvalue weighted by atomic mass is 79.9. The van der Waals surface area contributed by atoms with Crippen molar-refractivity contribution in [2.45, 2.75) is 13.1 Å². The van der Waals surface area contributed by atoms with E-state index >= 15 is 0 Å². The minimum absolute atomic E-state index is 0.269. The summed E-state index contributed by atoms with van der Waals surface area (Å²) in [5.41, 5.74) is 6.60. The molecule has 0 atom stereocenters. The third kappa shape index (κ3) is 2.60. The van der Waals surface area contributed by atoms with Crippen molar-refractivity contribution in [2.24, 2.45) is 5.73 Å². The molecule has 5 nitrogen and oxygen atoms in total. The Kier molecular flexibility index (Phi) is 3.57. The lowest BCUT2D eigenvalue weighted by Gasteiger charge is -2.12. The molecule has 0 saturated heterocycles. The molecule has 0 aliphatic carbocycles. The van der Waals surface area contributed by atoms with Crippen LogP contribution in [-0.2, 0) is 13.1 Å². The van der Waals surface area contributed by atoms with E-state index < -0.39 is 0 Å². The van der Waals surface area contributed by atoms with Crippen molar-refractivity contribution in [3.8, 4) is 0 Å². The van der Waals surface area contributed by atoms with Gasteiger partial charge in [0.15, 0.2) is 0 Å². The topological polar surface area (TPSA) is 68.2 Å². The highest BCUT2D eigenvalue weighted by Gasteiger charge is 2.10. The van der Waals surface area contributed by atoms with Crippen LogP contribution in [0.2, 0.25) is 0 Å². The molecule has 0 aromatic carbocycles. The first-order valence-corrected chi connectivity index (χ1v) is 6.33. The smallest absolute Gasteiger partial charge is 0.318 e. The van der Waals surface area contributed by atoms with Crippen molar-refractivity contribution < 1.29 is 4.42 Å². The lowest BCUT2D eigenvalue weighted by molar-refractivity contribution is 0.491. The minimum Gasteiger partial charge on any atom is -0.407 e. The van der Waals surface area contributed by atoms with Gasteiger partial charge in [-0.2, -0.15) is 0 Å². The van der Waals surface area contributed by atoms with E-state index in [0.29, 0.717) is 11.9 Å². The third-order valence-corrected chi connectivity index (χ3v) is 3.55. The predicted molar refractivity (Wildman–Crippen MR) is 66.3 cm³/mol. The molecule has 2 N–H and O–H groups in total. The Labute approximate surface area is 105 Å². The van der Waals surface area contributed by atoms with Crippen LogP contribution < -0.4 is 10.6 Å². The molecule has 0 aliphatic heterocycles. The summed E-state index contributed by atoms with van der Waals surface area (Å²) in [6, 6.07) is 2.56. The Balaban J connectivity index is 2.05. The summed E-state index contributed by atoms with van der Waals surface area (Å²) in [5.74, 6) is 0.452. The van der Waals surface area contributed by atoms with Crippen LogP contribution in [0.4, 0.5) is 6.01 Å². The number of hydrogen-bond acceptors (Lipinski definition) is 6. The number of thiophene rings is 1. The number of rotatable bonds is 4. The largest absolute Gasteiger partial charge is 0.407 e. The average molecular weight is 303 g/mol. The first-order valence-electron chi connectivity index (χ1n) is 4.65. The van der Waals surface area contributed by atoms with E-state index in [0.717, 1.165) is 10.3 Å². The van der Waals surface area contributed by atoms with Gasteiger partial charge in [0.1, 0.15) is 0 Å². The molecule has 2 heterocycles. The predicted octanol–water partition coefficient (Wildman–Crippen LogP) is 1.99. The first kappa shape index (κ1) is 11.6. The lowest BCUT2D eigenvalue weighted by Crippen LogP contribution is -2.16. The molecule has 86 valence electrons. The molecule has 0 spiro atoms. The van der Waals surface area contributed by atoms with Crippen LogP contribution in [0.3, 0.4) is 0 Å². The van der Waals surface area contributed by atoms with Crippen LogP contribution in [0.5, 0.6) is 0 Å². The maximum atomic E-state index is 5.40. The van der Waals surface area contributed by atoms with Gasteiger partial charge in [0.2, 0.25) is 5.89 Å². The summed E-state index contributed by atoms with van der Waals surface area (Å²) in [6.45, 7) is 0.999. The second kappa shape index (κ2) is 4.94. The Hall–Kier alpha value is -0.920. The Bertz CT molecular complexity index is 470. The summed E-state index contributed by atoms with van der Waals surface area (Å²) < 4.78 is 6.46. The summed E-state index contributed by atoms with van der Waals surface area (Å²) in [6.07, 6.45) is 0. The molecule has 2 aromatic rings. The Morgan fingerprint density at radius 1 is 1.56 bits per heavy atom. The van der Waals surface area contributed by atoms with E-state index in [9.17, 15) is 0 Å². The molecule has 0 bridgehead atoms. The average Bonchev–Trinajstić information content (AvgIpc) is 2.87. The van der Waals surface area contributed by atoms with Gasteiger partial charge in [-0.25, -0.2) is 0 Å². The molecule has 2 aromatic heterocycles. The van der Waals surface area contributed by atoms with Gasteiger partial charge in [0.05, 0.1) is 10.3 Å². The lowest BCUT2D eigenvalue weighted by atomic mass is 10.3. The molecule has 0 amide bonds. The van der Waals surface area contributed by atoms with E-state index in [-0.39, 0.29) is 6.54 Å². The van der Waals surface area contributed by atoms with E-state index in [4.69, 9.17) is 10.2 Å². The van der Waals surface area contributed by atoms with Crippen LogP contribution in [0.25, 0.3) is 0 Å². The van der Waals surface area contributed by atoms with Crippen LogP contribution in [0.1, 0.15) is 11.5 Å². The number of nitrogens with zero attached hydrogens (tertiary/aromatic N) is 3. The van der Waals surface area contributed by atoms with Crippen LogP contribution in [0, 0.1) is 0 Å². The van der Waals surface area contributed by atoms with Crippen molar-refractivity contribution in [3.63, 3.8) is 0 Å². The van der Waals surface area contributed by atoms with Crippen LogP contribution in [0.15, 0.2) is 19.6 Å². The van der Waals surface area contributed by atoms with Crippen molar-refractivity contribution >= 4 is 33.3 Å². The minimum atomic E-state index is 0.269. The fourth-order valence-corrected chi connectivity index (χ4v) is 2.45. The van der Waals surface area contributed by atoms with Gasteiger partial charge < -0.3 is 15.1 Å². The van der Waals surface area contributed by atoms with Crippen molar-refractivity contribution in [3.05, 3.63) is 26.7 Å². The second-order valence-corrected chi connectivity index (χ2v) is 5.59. The highest BCUT2D eigenvalue weighted by Crippen LogP contribution is 2.22. The van der Waals surface area contributed by atoms with Gasteiger partial charge in [-0.05, 0) is 32.9 Å². The van der Waals surface area contributed by atoms with Gasteiger partial charge in [-0.3, -0.25) is 0 Å². The summed E-state index contributed by atoms with van der Waals surface area (Å²) >= 11 is 5.08. The highest BCUT2D eigenvalue weighted by molar-refractivity contribution is 9.11. The monoisotopic (exact) mass is 302 g/mol. The van der Waals surface area contributed by atoms with Crippen molar-refractivity contribution in [1.82, 2.24) is 10.2 Å². The number of nitrogens with two attached hydrogens (primary N) is 1. The molecule has 0 fully saturated rings. The Morgan fingerprint density at radius 2 is 2.38 bits per heavy atom. The summed E-state index contributed by atoms with van der Waals surface area (Å²) in [5, 5.41) is 9.81. The molecule has 0 saturated carbocycles. The molecule has 0 radical (unpaired) electrons. The standard InChI is InChI=1S/C9H11BrN4OS/c1-14(4-6-2-7(10)16-5-6)9-13-12-8(3-11)15-9/h2,5H,3-4,11H2,1H3. The number of aromatic nitrogens is 2. The maximum Gasteiger partial charge on any atom is 0.318 e. The fourth-order valence-electron chi connectivity index (χ4n) is 1.25. The van der Waals surface area contributed by atoms with Gasteiger partial charge in [0.25, 0.3) is 0 Å². The SMILES string of the molecule is CN(Cc1csc(Br)c1)c1nnc(CN)o1. The maximum absolute atomic E-state index is 5.40. The van der Waals surface area contributed by atoms with E-state index in [1.54, 1.807) is 11.3 Å². The number of hydrogen-bond donors (Lipinski definition) is 1. The third-order valence-electron chi connectivity index (χ3n) is 2.00. The van der Waals surface area contributed by atoms with Gasteiger partial charge in [0, 0.05) is 13.6 Å². The molecule has 7 heteroatoms. The Morgan fingerprint density at radius 3 is 2.94 bits per heavy atom. The van der Waals surface area contributed by atoms with Crippen LogP contribution >= 0.6 is 27.3 Å². The van der Waals surface area contributed by atoms with Crippen molar-refractivity contribution in [2.75, 3.05) is 11.9 Å². The molecule has 0 unspecified atom stereocenters. The van der Waals surface area contributed by atoms with Gasteiger partial charge >= 0.3 is 6.01 Å². The zero-order chi connectivity index (χ0) is 11.5. The van der Waals surface area contributed by atoms with E-state index in [2.05, 4.69) is 37.6 Å². The molecule has 2 rings (SSSR count). The van der Waals surface area contributed by atoms with Crippen LogP contribution in [-0.4, -0.2) is 17.2 Å². The second-order valence-electron chi connectivity index (χ2n) is 3.30. The van der Waals surface area contributed by atoms with Crippen molar-refractivity contribution in [1.29, 1.82) is 0 Å². The summed E-state index contributed by atoms with van der Waals surface area (Å²) in [7, 11) is 1.90. The van der Waals surface area contributed by atoms with E-state index in [1.165, 1.54) is 5.56 Å². The van der Waals surface area contributed by atoms with Gasteiger partial charge in [-0.1, -0.05) is 5.10 Å².